The number of furan rings is 1. The summed E-state index contributed by atoms with van der Waals surface area (Å²) in [5.74, 6) is 1.38. The van der Waals surface area contributed by atoms with E-state index >= 15 is 0 Å². The summed E-state index contributed by atoms with van der Waals surface area (Å²) in [7, 11) is 0. The molecule has 1 aromatic rings. The van der Waals surface area contributed by atoms with Crippen molar-refractivity contribution in [2.45, 2.75) is 45.1 Å². The van der Waals surface area contributed by atoms with Gasteiger partial charge in [0.15, 0.2) is 0 Å². The Bertz CT molecular complexity index is 576. The molecule has 3 rings (SSSR count). The molecule has 2 amide bonds. The number of nitrogens with two attached hydrogens (primary N) is 1. The maximum atomic E-state index is 12.4. The van der Waals surface area contributed by atoms with Crippen molar-refractivity contribution in [1.29, 1.82) is 0 Å². The van der Waals surface area contributed by atoms with Crippen LogP contribution >= 0.6 is 12.4 Å². The molecule has 25 heavy (non-hydrogen) atoms. The summed E-state index contributed by atoms with van der Waals surface area (Å²) in [5.41, 5.74) is 6.05. The summed E-state index contributed by atoms with van der Waals surface area (Å²) < 4.78 is 5.23. The first-order valence-electron chi connectivity index (χ1n) is 9.02. The van der Waals surface area contributed by atoms with Gasteiger partial charge in [0.1, 0.15) is 12.0 Å². The second-order valence-electron chi connectivity index (χ2n) is 6.89. The largest absolute Gasteiger partial charge is 0.467 e. The van der Waals surface area contributed by atoms with Crippen LogP contribution in [0.4, 0.5) is 0 Å². The molecular formula is C18H28ClN3O3. The smallest absolute Gasteiger partial charge is 0.257 e. The van der Waals surface area contributed by atoms with Gasteiger partial charge >= 0.3 is 0 Å². The molecule has 2 aliphatic rings. The highest BCUT2D eigenvalue weighted by atomic mass is 35.5. The summed E-state index contributed by atoms with van der Waals surface area (Å²) >= 11 is 0. The number of amides is 2. The van der Waals surface area contributed by atoms with Crippen LogP contribution in [0.2, 0.25) is 0 Å². The van der Waals surface area contributed by atoms with Crippen LogP contribution in [-0.2, 0) is 11.3 Å². The molecule has 0 radical (unpaired) electrons. The van der Waals surface area contributed by atoms with Crippen molar-refractivity contribution >= 4 is 24.2 Å². The van der Waals surface area contributed by atoms with E-state index in [2.05, 4.69) is 0 Å². The summed E-state index contributed by atoms with van der Waals surface area (Å²) in [6, 6.07) is 1.70. The molecule has 1 aromatic heterocycles. The first kappa shape index (κ1) is 19.8. The van der Waals surface area contributed by atoms with Gasteiger partial charge < -0.3 is 20.0 Å². The molecule has 1 saturated carbocycles. The highest BCUT2D eigenvalue weighted by Crippen LogP contribution is 2.27. The molecule has 0 bridgehead atoms. The third kappa shape index (κ3) is 4.98. The van der Waals surface area contributed by atoms with Gasteiger partial charge in [-0.25, -0.2) is 0 Å². The Morgan fingerprint density at radius 3 is 2.32 bits per heavy atom. The second kappa shape index (κ2) is 9.25. The predicted molar refractivity (Wildman–Crippen MR) is 97.5 cm³/mol. The number of rotatable bonds is 4. The Labute approximate surface area is 155 Å². The SMILES string of the molecule is Cl.NCc1cc(C(=O)N2CCN(C(=O)CC3CCCCC3)CC2)co1. The number of carbonyl (C=O) groups is 2. The highest BCUT2D eigenvalue weighted by Gasteiger charge is 2.27. The molecule has 1 saturated heterocycles. The molecule has 7 heteroatoms. The van der Waals surface area contributed by atoms with Gasteiger partial charge in [0, 0.05) is 32.6 Å². The molecule has 0 spiro atoms. The fraction of sp³-hybridized carbons (Fsp3) is 0.667. The minimum absolute atomic E-state index is 0. The Morgan fingerprint density at radius 2 is 1.72 bits per heavy atom. The number of piperazine rings is 1. The molecule has 0 atom stereocenters. The van der Waals surface area contributed by atoms with Crippen molar-refractivity contribution < 1.29 is 14.0 Å². The van der Waals surface area contributed by atoms with Gasteiger partial charge in [0.2, 0.25) is 5.91 Å². The second-order valence-corrected chi connectivity index (χ2v) is 6.89. The highest BCUT2D eigenvalue weighted by molar-refractivity contribution is 5.94. The van der Waals surface area contributed by atoms with Gasteiger partial charge in [-0.2, -0.15) is 0 Å². The molecule has 1 aliphatic carbocycles. The van der Waals surface area contributed by atoms with E-state index < -0.39 is 0 Å². The lowest BCUT2D eigenvalue weighted by Crippen LogP contribution is -2.50. The summed E-state index contributed by atoms with van der Waals surface area (Å²) in [6.07, 6.45) is 8.35. The Kier molecular flexibility index (Phi) is 7.32. The van der Waals surface area contributed by atoms with E-state index in [1.807, 2.05) is 4.90 Å². The van der Waals surface area contributed by atoms with Crippen LogP contribution in [0.5, 0.6) is 0 Å². The zero-order chi connectivity index (χ0) is 16.9. The van der Waals surface area contributed by atoms with Gasteiger partial charge in [-0.05, 0) is 24.8 Å². The molecule has 2 heterocycles. The third-order valence-electron chi connectivity index (χ3n) is 5.21. The predicted octanol–water partition coefficient (Wildman–Crippen LogP) is 2.41. The van der Waals surface area contributed by atoms with E-state index in [-0.39, 0.29) is 30.8 Å². The standard InChI is InChI=1S/C18H27N3O3.ClH/c19-12-16-11-15(13-24-16)18(23)21-8-6-20(7-9-21)17(22)10-14-4-2-1-3-5-14;/h11,13-14H,1-10,12,19H2;1H. The van der Waals surface area contributed by atoms with E-state index in [4.69, 9.17) is 10.2 Å². The van der Waals surface area contributed by atoms with Gasteiger partial charge in [-0.3, -0.25) is 9.59 Å². The van der Waals surface area contributed by atoms with Crippen molar-refractivity contribution in [3.8, 4) is 0 Å². The maximum absolute atomic E-state index is 12.4. The van der Waals surface area contributed by atoms with Crippen LogP contribution in [0.3, 0.4) is 0 Å². The van der Waals surface area contributed by atoms with Crippen molar-refractivity contribution in [3.63, 3.8) is 0 Å². The quantitative estimate of drug-likeness (QED) is 0.883. The van der Waals surface area contributed by atoms with E-state index in [1.54, 1.807) is 11.0 Å². The lowest BCUT2D eigenvalue weighted by atomic mass is 9.86. The monoisotopic (exact) mass is 369 g/mol. The van der Waals surface area contributed by atoms with Gasteiger partial charge in [-0.1, -0.05) is 19.3 Å². The van der Waals surface area contributed by atoms with Crippen molar-refractivity contribution in [2.75, 3.05) is 26.2 Å². The average molecular weight is 370 g/mol. The fourth-order valence-electron chi connectivity index (χ4n) is 3.71. The first-order chi connectivity index (χ1) is 11.7. The van der Waals surface area contributed by atoms with Gasteiger partial charge in [-0.15, -0.1) is 12.4 Å². The van der Waals surface area contributed by atoms with Gasteiger partial charge in [0.25, 0.3) is 5.91 Å². The third-order valence-corrected chi connectivity index (χ3v) is 5.21. The van der Waals surface area contributed by atoms with Crippen LogP contribution in [-0.4, -0.2) is 47.8 Å². The van der Waals surface area contributed by atoms with Crippen molar-refractivity contribution in [1.82, 2.24) is 9.80 Å². The Morgan fingerprint density at radius 1 is 1.08 bits per heavy atom. The van der Waals surface area contributed by atoms with E-state index in [0.29, 0.717) is 49.8 Å². The molecule has 140 valence electrons. The topological polar surface area (TPSA) is 79.8 Å². The average Bonchev–Trinajstić information content (AvgIpc) is 3.11. The zero-order valence-electron chi connectivity index (χ0n) is 14.6. The minimum atomic E-state index is -0.0437. The Balaban J connectivity index is 0.00000225. The minimum Gasteiger partial charge on any atom is -0.467 e. The van der Waals surface area contributed by atoms with Crippen LogP contribution in [0.25, 0.3) is 0 Å². The van der Waals surface area contributed by atoms with E-state index in [9.17, 15) is 9.59 Å². The molecule has 0 unspecified atom stereocenters. The number of hydrogen-bond donors (Lipinski definition) is 1. The summed E-state index contributed by atoms with van der Waals surface area (Å²) in [4.78, 5) is 28.6. The molecule has 6 nitrogen and oxygen atoms in total. The molecule has 2 fully saturated rings. The number of nitrogens with zero attached hydrogens (tertiary/aromatic N) is 2. The van der Waals surface area contributed by atoms with Crippen molar-refractivity contribution in [2.24, 2.45) is 11.7 Å². The lowest BCUT2D eigenvalue weighted by molar-refractivity contribution is -0.133. The Hall–Kier alpha value is -1.53. The normalized spacial score (nSPS) is 18.8. The molecule has 2 N–H and O–H groups in total. The number of hydrogen-bond acceptors (Lipinski definition) is 4. The van der Waals surface area contributed by atoms with Crippen LogP contribution in [0, 0.1) is 5.92 Å². The molecule has 1 aliphatic heterocycles. The van der Waals surface area contributed by atoms with E-state index in [1.165, 1.54) is 38.4 Å². The summed E-state index contributed by atoms with van der Waals surface area (Å²) in [6.45, 7) is 2.70. The number of carbonyl (C=O) groups excluding carboxylic acids is 2. The molecule has 0 aromatic carbocycles. The zero-order valence-corrected chi connectivity index (χ0v) is 15.4. The fourth-order valence-corrected chi connectivity index (χ4v) is 3.71. The van der Waals surface area contributed by atoms with Crippen molar-refractivity contribution in [3.05, 3.63) is 23.7 Å². The van der Waals surface area contributed by atoms with Crippen LogP contribution in [0.15, 0.2) is 16.7 Å². The number of halogens is 1. The molecular weight excluding hydrogens is 342 g/mol. The lowest BCUT2D eigenvalue weighted by Gasteiger charge is -2.35. The summed E-state index contributed by atoms with van der Waals surface area (Å²) in [5, 5.41) is 0. The van der Waals surface area contributed by atoms with Gasteiger partial charge in [0.05, 0.1) is 12.1 Å². The maximum Gasteiger partial charge on any atom is 0.257 e. The van der Waals surface area contributed by atoms with E-state index in [0.717, 1.165) is 0 Å². The van der Waals surface area contributed by atoms with Crippen LogP contribution in [0.1, 0.15) is 54.6 Å². The first-order valence-corrected chi connectivity index (χ1v) is 9.02. The van der Waals surface area contributed by atoms with Crippen LogP contribution < -0.4 is 5.73 Å².